The van der Waals surface area contributed by atoms with Gasteiger partial charge in [0.15, 0.2) is 5.13 Å². The number of thiazole rings is 1. The molecule has 0 atom stereocenters. The molecule has 0 bridgehead atoms. The first-order valence-electron chi connectivity index (χ1n) is 6.79. The summed E-state index contributed by atoms with van der Waals surface area (Å²) in [6.45, 7) is 2.39. The molecule has 0 aliphatic carbocycles. The predicted octanol–water partition coefficient (Wildman–Crippen LogP) is 2.42. The van der Waals surface area contributed by atoms with Crippen LogP contribution in [0.4, 0.5) is 5.13 Å². The molecule has 0 amide bonds. The van der Waals surface area contributed by atoms with Gasteiger partial charge in [-0.05, 0) is 30.3 Å². The highest BCUT2D eigenvalue weighted by molar-refractivity contribution is 7.21. The van der Waals surface area contributed by atoms with Gasteiger partial charge < -0.3 is 15.8 Å². The summed E-state index contributed by atoms with van der Waals surface area (Å²) >= 11 is 1.41. The van der Waals surface area contributed by atoms with E-state index in [-0.39, 0.29) is 0 Å². The first-order chi connectivity index (χ1) is 10.3. The molecule has 0 unspecified atom stereocenters. The van der Waals surface area contributed by atoms with Crippen molar-refractivity contribution >= 4 is 26.8 Å². The summed E-state index contributed by atoms with van der Waals surface area (Å²) in [7, 11) is 0. The van der Waals surface area contributed by atoms with E-state index in [9.17, 15) is 0 Å². The van der Waals surface area contributed by atoms with Gasteiger partial charge in [0.2, 0.25) is 0 Å². The molecule has 106 valence electrons. The lowest BCUT2D eigenvalue weighted by Gasteiger charge is -2.08. The predicted molar refractivity (Wildman–Crippen MR) is 84.5 cm³/mol. The van der Waals surface area contributed by atoms with E-state index in [1.807, 2.05) is 24.3 Å². The first kappa shape index (κ1) is 12.6. The molecule has 3 heterocycles. The van der Waals surface area contributed by atoms with Crippen LogP contribution < -0.4 is 15.8 Å². The average Bonchev–Trinajstić information content (AvgIpc) is 2.71. The molecule has 2 aromatic heterocycles. The van der Waals surface area contributed by atoms with Crippen LogP contribution in [0.15, 0.2) is 30.3 Å². The van der Waals surface area contributed by atoms with Crippen LogP contribution in [0.25, 0.3) is 21.6 Å². The number of nitrogens with two attached hydrogens (primary N) is 1. The van der Waals surface area contributed by atoms with Crippen LogP contribution >= 0.6 is 11.3 Å². The second kappa shape index (κ2) is 4.98. The highest BCUT2D eigenvalue weighted by Crippen LogP contribution is 2.29. The average molecular weight is 298 g/mol. The highest BCUT2D eigenvalue weighted by atomic mass is 32.1. The maximum absolute atomic E-state index is 5.73. The van der Waals surface area contributed by atoms with Gasteiger partial charge in [0.1, 0.15) is 22.7 Å². The van der Waals surface area contributed by atoms with Crippen LogP contribution in [-0.4, -0.2) is 23.1 Å². The Morgan fingerprint density at radius 3 is 3.10 bits per heavy atom. The second-order valence-corrected chi connectivity index (χ2v) is 5.93. The van der Waals surface area contributed by atoms with Crippen molar-refractivity contribution in [1.82, 2.24) is 15.3 Å². The van der Waals surface area contributed by atoms with Crippen molar-refractivity contribution in [2.24, 2.45) is 0 Å². The molecule has 5 nitrogen and oxygen atoms in total. The number of anilines is 1. The second-order valence-electron chi connectivity index (χ2n) is 4.92. The smallest absolute Gasteiger partial charge is 0.182 e. The van der Waals surface area contributed by atoms with Crippen LogP contribution in [0.2, 0.25) is 0 Å². The van der Waals surface area contributed by atoms with Gasteiger partial charge in [-0.25, -0.2) is 9.97 Å². The molecule has 0 saturated carbocycles. The number of ether oxygens (including phenoxy) is 1. The summed E-state index contributed by atoms with van der Waals surface area (Å²) in [5.41, 5.74) is 9.75. The van der Waals surface area contributed by atoms with Crippen LogP contribution in [0, 0.1) is 0 Å². The van der Waals surface area contributed by atoms with Gasteiger partial charge in [0.05, 0.1) is 5.69 Å². The van der Waals surface area contributed by atoms with Gasteiger partial charge in [-0.15, -0.1) is 0 Å². The minimum absolute atomic E-state index is 0.550. The van der Waals surface area contributed by atoms with Crippen molar-refractivity contribution in [3.63, 3.8) is 0 Å². The minimum Gasteiger partial charge on any atom is -0.492 e. The molecular formula is C15H14N4OS. The third kappa shape index (κ3) is 2.32. The molecule has 0 spiro atoms. The number of benzene rings is 1. The first-order valence-corrected chi connectivity index (χ1v) is 7.61. The zero-order valence-electron chi connectivity index (χ0n) is 11.3. The molecule has 3 aromatic rings. The number of nitrogens with zero attached hydrogens (tertiary/aromatic N) is 2. The number of fused-ring (bicyclic) bond motifs is 2. The molecular weight excluding hydrogens is 284 g/mol. The Balaban J connectivity index is 1.78. The standard InChI is InChI=1S/C15H14N4OS/c16-15-19-12-3-2-11(18-14(12)21-15)9-1-4-13-10(7-9)8-17-5-6-20-13/h1-4,7,17H,5-6,8H2,(H2,16,19). The molecule has 0 radical (unpaired) electrons. The summed E-state index contributed by atoms with van der Waals surface area (Å²) in [5, 5.41) is 3.90. The maximum atomic E-state index is 5.73. The lowest BCUT2D eigenvalue weighted by atomic mass is 10.1. The molecule has 0 saturated heterocycles. The number of hydrogen-bond acceptors (Lipinski definition) is 6. The van der Waals surface area contributed by atoms with Crippen molar-refractivity contribution in [3.05, 3.63) is 35.9 Å². The third-order valence-corrected chi connectivity index (χ3v) is 4.27. The van der Waals surface area contributed by atoms with Crippen LogP contribution in [-0.2, 0) is 6.54 Å². The fraction of sp³-hybridized carbons (Fsp3) is 0.200. The normalized spacial score (nSPS) is 14.5. The van der Waals surface area contributed by atoms with Gasteiger partial charge in [0, 0.05) is 24.2 Å². The number of nitrogen functional groups attached to an aromatic ring is 1. The van der Waals surface area contributed by atoms with Crippen molar-refractivity contribution < 1.29 is 4.74 Å². The van der Waals surface area contributed by atoms with E-state index in [0.29, 0.717) is 11.7 Å². The highest BCUT2D eigenvalue weighted by Gasteiger charge is 2.11. The molecule has 1 aromatic carbocycles. The van der Waals surface area contributed by atoms with Gasteiger partial charge in [-0.3, -0.25) is 0 Å². The van der Waals surface area contributed by atoms with Crippen molar-refractivity contribution in [2.45, 2.75) is 6.54 Å². The van der Waals surface area contributed by atoms with Crippen LogP contribution in [0.1, 0.15) is 5.56 Å². The molecule has 4 rings (SSSR count). The van der Waals surface area contributed by atoms with E-state index < -0.39 is 0 Å². The summed E-state index contributed by atoms with van der Waals surface area (Å²) in [6.07, 6.45) is 0. The Labute approximate surface area is 125 Å². The van der Waals surface area contributed by atoms with Crippen molar-refractivity contribution in [1.29, 1.82) is 0 Å². The maximum Gasteiger partial charge on any atom is 0.182 e. The summed E-state index contributed by atoms with van der Waals surface area (Å²) in [6, 6.07) is 10.1. The third-order valence-electron chi connectivity index (χ3n) is 3.48. The Morgan fingerprint density at radius 1 is 1.19 bits per heavy atom. The molecule has 3 N–H and O–H groups in total. The van der Waals surface area contributed by atoms with Gasteiger partial charge in [-0.2, -0.15) is 0 Å². The molecule has 1 aliphatic rings. The van der Waals surface area contributed by atoms with Crippen LogP contribution in [0.3, 0.4) is 0 Å². The number of aromatic nitrogens is 2. The fourth-order valence-electron chi connectivity index (χ4n) is 2.47. The number of pyridine rings is 1. The zero-order valence-corrected chi connectivity index (χ0v) is 12.1. The lowest BCUT2D eigenvalue weighted by molar-refractivity contribution is 0.326. The molecule has 6 heteroatoms. The fourth-order valence-corrected chi connectivity index (χ4v) is 3.17. The Hall–Kier alpha value is -2.18. The topological polar surface area (TPSA) is 73.1 Å². The van der Waals surface area contributed by atoms with E-state index in [1.165, 1.54) is 11.3 Å². The largest absolute Gasteiger partial charge is 0.492 e. The SMILES string of the molecule is Nc1nc2ccc(-c3ccc4c(c3)CNCCO4)nc2s1. The summed E-state index contributed by atoms with van der Waals surface area (Å²) in [4.78, 5) is 9.76. The number of nitrogens with one attached hydrogen (secondary N) is 1. The zero-order chi connectivity index (χ0) is 14.2. The van der Waals surface area contributed by atoms with E-state index in [0.717, 1.165) is 46.0 Å². The summed E-state index contributed by atoms with van der Waals surface area (Å²) < 4.78 is 5.71. The Kier molecular flexibility index (Phi) is 2.98. The summed E-state index contributed by atoms with van der Waals surface area (Å²) in [5.74, 6) is 0.951. The Morgan fingerprint density at radius 2 is 2.14 bits per heavy atom. The van der Waals surface area contributed by atoms with E-state index in [1.54, 1.807) is 0 Å². The Bertz CT molecular complexity index is 815. The minimum atomic E-state index is 0.550. The lowest BCUT2D eigenvalue weighted by Crippen LogP contribution is -2.16. The number of rotatable bonds is 1. The van der Waals surface area contributed by atoms with Gasteiger partial charge >= 0.3 is 0 Å². The monoisotopic (exact) mass is 298 g/mol. The van der Waals surface area contributed by atoms with Crippen molar-refractivity contribution in [2.75, 3.05) is 18.9 Å². The van der Waals surface area contributed by atoms with Gasteiger partial charge in [0.25, 0.3) is 0 Å². The van der Waals surface area contributed by atoms with E-state index in [2.05, 4.69) is 21.4 Å². The van der Waals surface area contributed by atoms with Crippen LogP contribution in [0.5, 0.6) is 5.75 Å². The molecule has 21 heavy (non-hydrogen) atoms. The molecule has 0 fully saturated rings. The van der Waals surface area contributed by atoms with Gasteiger partial charge in [-0.1, -0.05) is 11.3 Å². The van der Waals surface area contributed by atoms with Crippen molar-refractivity contribution in [3.8, 4) is 17.0 Å². The van der Waals surface area contributed by atoms with E-state index >= 15 is 0 Å². The number of hydrogen-bond donors (Lipinski definition) is 2. The molecule has 1 aliphatic heterocycles. The van der Waals surface area contributed by atoms with E-state index in [4.69, 9.17) is 10.5 Å². The quantitative estimate of drug-likeness (QED) is 0.722.